The van der Waals surface area contributed by atoms with E-state index in [2.05, 4.69) is 25.3 Å². The fourth-order valence-corrected chi connectivity index (χ4v) is 3.72. The number of quaternary nitrogens is 1. The lowest BCUT2D eigenvalue weighted by Crippen LogP contribution is -2.48. The van der Waals surface area contributed by atoms with Gasteiger partial charge in [-0.1, -0.05) is 6.92 Å². The van der Waals surface area contributed by atoms with E-state index in [1.54, 1.807) is 12.4 Å². The van der Waals surface area contributed by atoms with Gasteiger partial charge in [-0.2, -0.15) is 0 Å². The van der Waals surface area contributed by atoms with Crippen molar-refractivity contribution in [3.63, 3.8) is 0 Å². The highest BCUT2D eigenvalue weighted by atomic mass is 16.2. The first-order chi connectivity index (χ1) is 12.6. The maximum absolute atomic E-state index is 12.2. The molecule has 0 saturated carbocycles. The molecule has 26 heavy (non-hydrogen) atoms. The highest BCUT2D eigenvalue weighted by Gasteiger charge is 2.40. The van der Waals surface area contributed by atoms with Crippen molar-refractivity contribution >= 4 is 22.9 Å². The van der Waals surface area contributed by atoms with Crippen molar-refractivity contribution in [2.24, 2.45) is 0 Å². The molecule has 2 atom stereocenters. The molecule has 7 nitrogen and oxygen atoms in total. The van der Waals surface area contributed by atoms with Crippen LogP contribution >= 0.6 is 0 Å². The van der Waals surface area contributed by atoms with Gasteiger partial charge in [-0.25, -0.2) is 19.7 Å². The first-order valence-electron chi connectivity index (χ1n) is 8.99. The zero-order valence-corrected chi connectivity index (χ0v) is 15.1. The minimum atomic E-state index is 0.216. The third-order valence-corrected chi connectivity index (χ3v) is 5.18. The van der Waals surface area contributed by atoms with Crippen molar-refractivity contribution in [1.82, 2.24) is 19.9 Å². The minimum absolute atomic E-state index is 0.216. The number of likely N-dealkylation sites (N-methyl/N-ethyl adjacent to an activating group) is 1. The molecule has 1 amide bonds. The van der Waals surface area contributed by atoms with Crippen LogP contribution in [0.15, 0.2) is 36.8 Å². The molecule has 0 bridgehead atoms. The van der Waals surface area contributed by atoms with E-state index in [4.69, 9.17) is 0 Å². The van der Waals surface area contributed by atoms with Gasteiger partial charge in [-0.15, -0.1) is 0 Å². The fourth-order valence-electron chi connectivity index (χ4n) is 3.72. The molecule has 7 heteroatoms. The zero-order valence-electron chi connectivity index (χ0n) is 15.1. The Morgan fingerprint density at radius 2 is 2.27 bits per heavy atom. The van der Waals surface area contributed by atoms with E-state index in [0.29, 0.717) is 16.8 Å². The minimum Gasteiger partial charge on any atom is -0.361 e. The molecule has 1 aliphatic heterocycles. The van der Waals surface area contributed by atoms with Gasteiger partial charge >= 0.3 is 5.91 Å². The Kier molecular flexibility index (Phi) is 4.16. The van der Waals surface area contributed by atoms with Gasteiger partial charge in [0.25, 0.3) is 0 Å². The average molecular weight is 351 g/mol. The summed E-state index contributed by atoms with van der Waals surface area (Å²) in [5, 5.41) is 3.53. The topological polar surface area (TPSA) is 83.6 Å². The molecule has 0 aromatic carbocycles. The number of carbonyl (C=O) groups is 1. The van der Waals surface area contributed by atoms with Gasteiger partial charge < -0.3 is 10.3 Å². The Balaban J connectivity index is 1.60. The largest absolute Gasteiger partial charge is 0.361 e. The van der Waals surface area contributed by atoms with E-state index in [9.17, 15) is 4.79 Å². The summed E-state index contributed by atoms with van der Waals surface area (Å²) >= 11 is 0. The average Bonchev–Trinajstić information content (AvgIpc) is 3.28. The van der Waals surface area contributed by atoms with Crippen LogP contribution in [0.5, 0.6) is 0 Å². The molecule has 134 valence electrons. The molecule has 0 spiro atoms. The molecule has 2 unspecified atom stereocenters. The highest BCUT2D eigenvalue weighted by Crippen LogP contribution is 2.28. The lowest BCUT2D eigenvalue weighted by molar-refractivity contribution is -0.821. The Morgan fingerprint density at radius 1 is 1.38 bits per heavy atom. The number of carbonyl (C=O) groups excluding carboxylic acids is 1. The van der Waals surface area contributed by atoms with E-state index < -0.39 is 0 Å². The lowest BCUT2D eigenvalue weighted by Gasteiger charge is -2.26. The second-order valence-corrected chi connectivity index (χ2v) is 7.05. The molecule has 1 saturated heterocycles. The van der Waals surface area contributed by atoms with Crippen molar-refractivity contribution in [3.05, 3.63) is 36.8 Å². The third kappa shape index (κ3) is 2.94. The van der Waals surface area contributed by atoms with Crippen LogP contribution in [-0.2, 0) is 4.79 Å². The van der Waals surface area contributed by atoms with Crippen molar-refractivity contribution in [2.75, 3.05) is 25.5 Å². The summed E-state index contributed by atoms with van der Waals surface area (Å²) in [5.41, 5.74) is 3.31. The Bertz CT molecular complexity index is 952. The number of anilines is 1. The molecule has 0 radical (unpaired) electrons. The number of nitrogens with zero attached hydrogens (tertiary/aromatic N) is 4. The van der Waals surface area contributed by atoms with Gasteiger partial charge in [-0.3, -0.25) is 4.48 Å². The SMILES string of the molecule is CCC(=O)[N+]1(C)CCC(Nc2ncccc2-c2cnc3[nH]ccc3n2)C1. The van der Waals surface area contributed by atoms with Crippen molar-refractivity contribution < 1.29 is 9.28 Å². The monoisotopic (exact) mass is 351 g/mol. The Morgan fingerprint density at radius 3 is 3.12 bits per heavy atom. The van der Waals surface area contributed by atoms with Gasteiger partial charge in [0, 0.05) is 24.4 Å². The number of rotatable bonds is 4. The van der Waals surface area contributed by atoms with Gasteiger partial charge in [0.05, 0.1) is 37.9 Å². The number of fused-ring (bicyclic) bond motifs is 1. The van der Waals surface area contributed by atoms with Crippen molar-refractivity contribution in [1.29, 1.82) is 0 Å². The Hall–Kier alpha value is -2.80. The standard InChI is InChI=1S/C19H23N6O/c1-3-17(26)25(2)10-7-13(12-25)23-18-14(5-4-8-20-18)16-11-22-19-15(24-16)6-9-21-19/h4-6,8-9,11,13H,3,7,10,12H2,1-2H3,(H,20,23)(H,21,22)/q+1. The van der Waals surface area contributed by atoms with E-state index in [0.717, 1.165) is 47.7 Å². The number of hydrogen-bond acceptors (Lipinski definition) is 5. The van der Waals surface area contributed by atoms with Gasteiger partial charge in [0.15, 0.2) is 5.65 Å². The zero-order chi connectivity index (χ0) is 18.1. The fraction of sp³-hybridized carbons (Fsp3) is 0.368. The van der Waals surface area contributed by atoms with Crippen LogP contribution < -0.4 is 5.32 Å². The van der Waals surface area contributed by atoms with E-state index in [1.165, 1.54) is 0 Å². The number of H-pyrrole nitrogens is 1. The third-order valence-electron chi connectivity index (χ3n) is 5.18. The quantitative estimate of drug-likeness (QED) is 0.706. The van der Waals surface area contributed by atoms with Crippen LogP contribution in [0.4, 0.5) is 5.82 Å². The maximum atomic E-state index is 12.2. The smallest absolute Gasteiger partial charge is 0.313 e. The van der Waals surface area contributed by atoms with Gasteiger partial charge in [0.2, 0.25) is 0 Å². The van der Waals surface area contributed by atoms with Crippen LogP contribution in [0.25, 0.3) is 22.4 Å². The number of nitrogens with one attached hydrogen (secondary N) is 2. The van der Waals surface area contributed by atoms with Gasteiger partial charge in [0.1, 0.15) is 17.9 Å². The summed E-state index contributed by atoms with van der Waals surface area (Å²) in [5.74, 6) is 1.08. The molecule has 4 heterocycles. The van der Waals surface area contributed by atoms with Crippen LogP contribution in [0, 0.1) is 0 Å². The second-order valence-electron chi connectivity index (χ2n) is 7.05. The summed E-state index contributed by atoms with van der Waals surface area (Å²) in [4.78, 5) is 28.9. The molecule has 1 aliphatic rings. The van der Waals surface area contributed by atoms with E-state index >= 15 is 0 Å². The molecule has 3 aromatic rings. The molecule has 3 aromatic heterocycles. The highest BCUT2D eigenvalue weighted by molar-refractivity contribution is 5.78. The predicted molar refractivity (Wildman–Crippen MR) is 100 cm³/mol. The van der Waals surface area contributed by atoms with E-state index in [-0.39, 0.29) is 6.04 Å². The van der Waals surface area contributed by atoms with Crippen molar-refractivity contribution in [2.45, 2.75) is 25.8 Å². The summed E-state index contributed by atoms with van der Waals surface area (Å²) in [6, 6.07) is 6.02. The van der Waals surface area contributed by atoms with Crippen LogP contribution in [-0.4, -0.2) is 56.5 Å². The summed E-state index contributed by atoms with van der Waals surface area (Å²) in [6.07, 6.45) is 6.88. The van der Waals surface area contributed by atoms with Crippen LogP contribution in [0.3, 0.4) is 0 Å². The number of likely N-dealkylation sites (tertiary alicyclic amines) is 1. The second kappa shape index (κ2) is 6.49. The predicted octanol–water partition coefficient (Wildman–Crippen LogP) is 2.59. The number of aromatic amines is 1. The molecule has 0 aliphatic carbocycles. The van der Waals surface area contributed by atoms with Crippen LogP contribution in [0.2, 0.25) is 0 Å². The normalized spacial score (nSPS) is 22.6. The molecular formula is C19H23N6O+. The van der Waals surface area contributed by atoms with Crippen molar-refractivity contribution in [3.8, 4) is 11.3 Å². The van der Waals surface area contributed by atoms with Gasteiger partial charge in [-0.05, 0) is 18.2 Å². The molecule has 4 rings (SSSR count). The first-order valence-corrected chi connectivity index (χ1v) is 8.99. The first kappa shape index (κ1) is 16.7. The summed E-state index contributed by atoms with van der Waals surface area (Å²) in [6.45, 7) is 3.58. The summed E-state index contributed by atoms with van der Waals surface area (Å²) < 4.78 is 0.492. The summed E-state index contributed by atoms with van der Waals surface area (Å²) in [7, 11) is 2.03. The van der Waals surface area contributed by atoms with Crippen LogP contribution in [0.1, 0.15) is 19.8 Å². The lowest BCUT2D eigenvalue weighted by atomic mass is 10.1. The van der Waals surface area contributed by atoms with E-state index in [1.807, 2.05) is 38.4 Å². The molecular weight excluding hydrogens is 328 g/mol. The molecule has 1 fully saturated rings. The Labute approximate surface area is 152 Å². The maximum Gasteiger partial charge on any atom is 0.313 e. The number of aromatic nitrogens is 4. The number of amides is 1. The number of pyridine rings is 1. The number of hydrogen-bond donors (Lipinski definition) is 2. The molecule has 2 N–H and O–H groups in total.